The summed E-state index contributed by atoms with van der Waals surface area (Å²) in [5.74, 6) is 1.09. The Morgan fingerprint density at radius 1 is 1.40 bits per heavy atom. The van der Waals surface area contributed by atoms with Crippen molar-refractivity contribution < 1.29 is 9.53 Å². The molecule has 1 aromatic rings. The predicted molar refractivity (Wildman–Crippen MR) is 79.8 cm³/mol. The maximum atomic E-state index is 11.1. The van der Waals surface area contributed by atoms with Crippen LogP contribution in [-0.4, -0.2) is 25.1 Å². The molecule has 110 valence electrons. The molecule has 0 spiro atoms. The van der Waals surface area contributed by atoms with Crippen LogP contribution in [-0.2, 0) is 4.79 Å². The third-order valence-electron chi connectivity index (χ3n) is 3.61. The van der Waals surface area contributed by atoms with Crippen molar-refractivity contribution in [1.29, 1.82) is 0 Å². The average molecular weight is 276 g/mol. The Morgan fingerprint density at radius 3 is 2.75 bits per heavy atom. The van der Waals surface area contributed by atoms with Crippen molar-refractivity contribution in [2.45, 2.75) is 45.2 Å². The fourth-order valence-corrected chi connectivity index (χ4v) is 2.34. The highest BCUT2D eigenvalue weighted by molar-refractivity contribution is 5.78. The maximum absolute atomic E-state index is 11.1. The molecule has 2 atom stereocenters. The van der Waals surface area contributed by atoms with Gasteiger partial charge in [0.15, 0.2) is 0 Å². The normalized spacial score (nSPS) is 19.7. The topological polar surface area (TPSA) is 50.4 Å². The van der Waals surface area contributed by atoms with E-state index in [1.165, 1.54) is 5.56 Å². The van der Waals surface area contributed by atoms with Crippen molar-refractivity contribution in [3.63, 3.8) is 0 Å². The van der Waals surface area contributed by atoms with Crippen LogP contribution in [0.25, 0.3) is 0 Å². The Hall–Kier alpha value is -1.55. The average Bonchev–Trinajstić information content (AvgIpc) is 2.89. The fourth-order valence-electron chi connectivity index (χ4n) is 2.34. The first-order valence-electron chi connectivity index (χ1n) is 7.44. The summed E-state index contributed by atoms with van der Waals surface area (Å²) < 4.78 is 5.58. The van der Waals surface area contributed by atoms with Crippen LogP contribution in [0.4, 0.5) is 0 Å². The number of hydrogen-bond donors (Lipinski definition) is 2. The molecule has 0 aromatic heterocycles. The van der Waals surface area contributed by atoms with Crippen LogP contribution >= 0.6 is 0 Å². The number of amides is 1. The van der Waals surface area contributed by atoms with Crippen LogP contribution in [0.5, 0.6) is 5.75 Å². The van der Waals surface area contributed by atoms with Gasteiger partial charge in [-0.1, -0.05) is 19.1 Å². The van der Waals surface area contributed by atoms with Gasteiger partial charge in [0.25, 0.3) is 0 Å². The third kappa shape index (κ3) is 4.23. The quantitative estimate of drug-likeness (QED) is 0.804. The number of carbonyl (C=O) groups is 1. The zero-order valence-corrected chi connectivity index (χ0v) is 12.3. The number of ether oxygens (including phenoxy) is 1. The molecule has 1 aromatic carbocycles. The minimum absolute atomic E-state index is 0.168. The number of rotatable bonds is 7. The number of benzene rings is 1. The van der Waals surface area contributed by atoms with Gasteiger partial charge in [0.1, 0.15) is 5.75 Å². The summed E-state index contributed by atoms with van der Waals surface area (Å²) >= 11 is 0. The standard InChI is InChI=1S/C16H24N2O2/c1-3-10-20-15-7-4-13(5-8-15)12(2)17-11-14-6-9-16(19)18-14/h4-5,7-8,12,14,17H,3,6,9-11H2,1-2H3,(H,18,19). The summed E-state index contributed by atoms with van der Waals surface area (Å²) in [6.07, 6.45) is 2.61. The van der Waals surface area contributed by atoms with Crippen LogP contribution < -0.4 is 15.4 Å². The van der Waals surface area contributed by atoms with Gasteiger partial charge in [0.05, 0.1) is 6.61 Å². The van der Waals surface area contributed by atoms with E-state index >= 15 is 0 Å². The molecule has 1 heterocycles. The molecule has 0 aliphatic carbocycles. The van der Waals surface area contributed by atoms with Gasteiger partial charge in [0, 0.05) is 25.0 Å². The lowest BCUT2D eigenvalue weighted by molar-refractivity contribution is -0.119. The molecular formula is C16H24N2O2. The van der Waals surface area contributed by atoms with Gasteiger partial charge in [-0.3, -0.25) is 4.79 Å². The molecule has 4 nitrogen and oxygen atoms in total. The lowest BCUT2D eigenvalue weighted by Crippen LogP contribution is -2.36. The van der Waals surface area contributed by atoms with Gasteiger partial charge in [-0.25, -0.2) is 0 Å². The van der Waals surface area contributed by atoms with E-state index in [1.807, 2.05) is 12.1 Å². The van der Waals surface area contributed by atoms with Crippen LogP contribution in [0.1, 0.15) is 44.7 Å². The lowest BCUT2D eigenvalue weighted by Gasteiger charge is -2.18. The molecular weight excluding hydrogens is 252 g/mol. The van der Waals surface area contributed by atoms with Crippen LogP contribution in [0.3, 0.4) is 0 Å². The van der Waals surface area contributed by atoms with E-state index < -0.39 is 0 Å². The second kappa shape index (κ2) is 7.29. The summed E-state index contributed by atoms with van der Waals surface area (Å²) in [4.78, 5) is 11.1. The van der Waals surface area contributed by atoms with Crippen molar-refractivity contribution >= 4 is 5.91 Å². The second-order valence-electron chi connectivity index (χ2n) is 5.35. The van der Waals surface area contributed by atoms with E-state index in [2.05, 4.69) is 36.6 Å². The van der Waals surface area contributed by atoms with Crippen LogP contribution in [0, 0.1) is 0 Å². The number of hydrogen-bond acceptors (Lipinski definition) is 3. The van der Waals surface area contributed by atoms with E-state index in [1.54, 1.807) is 0 Å². The predicted octanol–water partition coefficient (Wildman–Crippen LogP) is 2.40. The molecule has 4 heteroatoms. The minimum Gasteiger partial charge on any atom is -0.494 e. The first-order valence-corrected chi connectivity index (χ1v) is 7.44. The molecule has 20 heavy (non-hydrogen) atoms. The van der Waals surface area contributed by atoms with Crippen molar-refractivity contribution in [3.8, 4) is 5.75 Å². The van der Waals surface area contributed by atoms with Gasteiger partial charge in [0.2, 0.25) is 5.91 Å². The number of carbonyl (C=O) groups excluding carboxylic acids is 1. The van der Waals surface area contributed by atoms with E-state index in [4.69, 9.17) is 4.74 Å². The Morgan fingerprint density at radius 2 is 2.15 bits per heavy atom. The minimum atomic E-state index is 0.168. The van der Waals surface area contributed by atoms with Gasteiger partial charge in [-0.05, 0) is 37.5 Å². The molecule has 1 amide bonds. The van der Waals surface area contributed by atoms with Crippen molar-refractivity contribution in [1.82, 2.24) is 10.6 Å². The molecule has 1 saturated heterocycles. The van der Waals surface area contributed by atoms with E-state index in [0.29, 0.717) is 6.42 Å². The first-order chi connectivity index (χ1) is 9.69. The zero-order valence-electron chi connectivity index (χ0n) is 12.3. The molecule has 1 fully saturated rings. The maximum Gasteiger partial charge on any atom is 0.220 e. The zero-order chi connectivity index (χ0) is 14.4. The molecule has 0 bridgehead atoms. The molecule has 2 N–H and O–H groups in total. The highest BCUT2D eigenvalue weighted by Gasteiger charge is 2.20. The van der Waals surface area contributed by atoms with E-state index in [-0.39, 0.29) is 18.0 Å². The van der Waals surface area contributed by atoms with Gasteiger partial charge >= 0.3 is 0 Å². The molecule has 0 radical (unpaired) electrons. The molecule has 1 aliphatic heterocycles. The lowest BCUT2D eigenvalue weighted by atomic mass is 10.1. The Kier molecular flexibility index (Phi) is 5.41. The smallest absolute Gasteiger partial charge is 0.220 e. The first kappa shape index (κ1) is 14.9. The van der Waals surface area contributed by atoms with E-state index in [9.17, 15) is 4.79 Å². The van der Waals surface area contributed by atoms with E-state index in [0.717, 1.165) is 31.7 Å². The van der Waals surface area contributed by atoms with Gasteiger partial charge < -0.3 is 15.4 Å². The van der Waals surface area contributed by atoms with Gasteiger partial charge in [-0.2, -0.15) is 0 Å². The summed E-state index contributed by atoms with van der Waals surface area (Å²) in [7, 11) is 0. The Labute approximate surface area is 120 Å². The highest BCUT2D eigenvalue weighted by Crippen LogP contribution is 2.18. The number of nitrogens with one attached hydrogen (secondary N) is 2. The fraction of sp³-hybridized carbons (Fsp3) is 0.562. The van der Waals surface area contributed by atoms with Crippen molar-refractivity contribution in [3.05, 3.63) is 29.8 Å². The third-order valence-corrected chi connectivity index (χ3v) is 3.61. The van der Waals surface area contributed by atoms with Crippen molar-refractivity contribution in [2.24, 2.45) is 0 Å². The summed E-state index contributed by atoms with van der Waals surface area (Å²) in [5, 5.41) is 6.44. The SMILES string of the molecule is CCCOc1ccc(C(C)NCC2CCC(=O)N2)cc1. The second-order valence-corrected chi connectivity index (χ2v) is 5.35. The summed E-state index contributed by atoms with van der Waals surface area (Å²) in [6, 6.07) is 8.76. The Bertz CT molecular complexity index is 431. The largest absolute Gasteiger partial charge is 0.494 e. The summed E-state index contributed by atoms with van der Waals surface area (Å²) in [5.41, 5.74) is 1.23. The van der Waals surface area contributed by atoms with Gasteiger partial charge in [-0.15, -0.1) is 0 Å². The molecule has 1 aliphatic rings. The monoisotopic (exact) mass is 276 g/mol. The van der Waals surface area contributed by atoms with Crippen LogP contribution in [0.2, 0.25) is 0 Å². The molecule has 0 saturated carbocycles. The summed E-state index contributed by atoms with van der Waals surface area (Å²) in [6.45, 7) is 5.82. The highest BCUT2D eigenvalue weighted by atomic mass is 16.5. The molecule has 2 unspecified atom stereocenters. The van der Waals surface area contributed by atoms with Crippen molar-refractivity contribution in [2.75, 3.05) is 13.2 Å². The van der Waals surface area contributed by atoms with Crippen LogP contribution in [0.15, 0.2) is 24.3 Å². The molecule has 2 rings (SSSR count). The Balaban J connectivity index is 1.79.